The number of rotatable bonds is 6. The fraction of sp³-hybridized carbons (Fsp3) is 0.500. The lowest BCUT2D eigenvalue weighted by Gasteiger charge is -2.09. The van der Waals surface area contributed by atoms with Gasteiger partial charge in [-0.3, -0.25) is 4.79 Å². The summed E-state index contributed by atoms with van der Waals surface area (Å²) in [5.41, 5.74) is 13.0. The lowest BCUT2D eigenvalue weighted by Crippen LogP contribution is -2.28. The quantitative estimate of drug-likeness (QED) is 0.400. The Hall–Kier alpha value is -1.21. The van der Waals surface area contributed by atoms with E-state index < -0.39 is 0 Å². The maximum absolute atomic E-state index is 11.8. The zero-order valence-corrected chi connectivity index (χ0v) is 13.6. The molecule has 1 amide bonds. The fourth-order valence-corrected chi connectivity index (χ4v) is 3.65. The smallest absolute Gasteiger partial charge is 0.251 e. The van der Waals surface area contributed by atoms with Crippen LogP contribution in [0.4, 0.5) is 0 Å². The van der Waals surface area contributed by atoms with Gasteiger partial charge in [-0.25, -0.2) is 0 Å². The number of nitrogens with two attached hydrogens (primary N) is 2. The number of aliphatic hydroxyl groups is 1. The van der Waals surface area contributed by atoms with E-state index in [1.54, 1.807) is 12.1 Å². The molecule has 6 heteroatoms. The van der Waals surface area contributed by atoms with E-state index in [1.807, 2.05) is 12.1 Å². The zero-order valence-electron chi connectivity index (χ0n) is 12.7. The van der Waals surface area contributed by atoms with Gasteiger partial charge in [-0.1, -0.05) is 12.1 Å². The summed E-state index contributed by atoms with van der Waals surface area (Å²) >= 11 is 0.927. The molecule has 1 aromatic carbocycles. The Bertz CT molecular complexity index is 531. The molecule has 1 saturated carbocycles. The molecule has 1 aliphatic carbocycles. The van der Waals surface area contributed by atoms with Gasteiger partial charge in [-0.15, -0.1) is 0 Å². The minimum Gasteiger partial charge on any atom is -0.359 e. The highest BCUT2D eigenvalue weighted by atomic mass is 32.1. The average molecular weight is 323 g/mol. The minimum absolute atomic E-state index is 0.107. The second-order valence-electron chi connectivity index (χ2n) is 5.69. The van der Waals surface area contributed by atoms with Gasteiger partial charge in [0.25, 0.3) is 5.91 Å². The van der Waals surface area contributed by atoms with E-state index in [-0.39, 0.29) is 17.9 Å². The Labute approximate surface area is 135 Å². The van der Waals surface area contributed by atoms with Crippen LogP contribution in [0.25, 0.3) is 0 Å². The summed E-state index contributed by atoms with van der Waals surface area (Å²) < 4.78 is 0. The first kappa shape index (κ1) is 17.1. The third-order valence-corrected chi connectivity index (χ3v) is 5.12. The van der Waals surface area contributed by atoms with Crippen LogP contribution in [0.1, 0.15) is 35.2 Å². The molecule has 1 fully saturated rings. The van der Waals surface area contributed by atoms with Gasteiger partial charge in [-0.05, 0) is 37.0 Å². The SMILES string of the molecule is NCCNC(=O)c1ccc(C[SH]=C(O)[C@H]2CC[C@@H](N)C2)cc1. The van der Waals surface area contributed by atoms with Crippen LogP contribution in [-0.4, -0.2) is 35.2 Å². The Kier molecular flexibility index (Phi) is 6.57. The molecule has 1 aliphatic rings. The van der Waals surface area contributed by atoms with Crippen molar-refractivity contribution in [3.05, 3.63) is 35.4 Å². The number of nitrogens with one attached hydrogen (secondary N) is 1. The van der Waals surface area contributed by atoms with Crippen molar-refractivity contribution in [1.82, 2.24) is 5.32 Å². The third-order valence-electron chi connectivity index (χ3n) is 3.91. The number of hydrogen-bond acceptors (Lipinski definition) is 3. The van der Waals surface area contributed by atoms with Gasteiger partial charge >= 0.3 is 0 Å². The van der Waals surface area contributed by atoms with E-state index in [4.69, 9.17) is 11.5 Å². The molecule has 6 N–H and O–H groups in total. The standard InChI is InChI=1S/C16H25N3O2S/c17-7-8-19-15(20)12-3-1-11(2-4-12)10-22-16(21)13-5-6-14(18)9-13/h1-4,13-14,21-22H,5-10,17-18H2,(H,19,20)/t13-,14+/m0/s1. The van der Waals surface area contributed by atoms with Gasteiger partial charge in [0.15, 0.2) is 0 Å². The fourth-order valence-electron chi connectivity index (χ4n) is 2.60. The monoisotopic (exact) mass is 323 g/mol. The van der Waals surface area contributed by atoms with Gasteiger partial charge in [0, 0.05) is 36.4 Å². The van der Waals surface area contributed by atoms with Gasteiger partial charge in [0.2, 0.25) is 0 Å². The van der Waals surface area contributed by atoms with Crippen molar-refractivity contribution < 1.29 is 9.90 Å². The first-order valence-corrected chi connectivity index (χ1v) is 8.74. The van der Waals surface area contributed by atoms with Crippen molar-refractivity contribution in [2.24, 2.45) is 17.4 Å². The molecule has 0 aliphatic heterocycles. The van der Waals surface area contributed by atoms with E-state index in [9.17, 15) is 9.90 Å². The van der Waals surface area contributed by atoms with Crippen LogP contribution in [-0.2, 0) is 5.75 Å². The van der Waals surface area contributed by atoms with Crippen molar-refractivity contribution in [3.63, 3.8) is 0 Å². The molecule has 2 rings (SSSR count). The molecule has 0 radical (unpaired) electrons. The molecule has 0 heterocycles. The molecule has 0 bridgehead atoms. The van der Waals surface area contributed by atoms with Crippen molar-refractivity contribution in [1.29, 1.82) is 0 Å². The van der Waals surface area contributed by atoms with E-state index in [0.717, 1.165) is 41.9 Å². The summed E-state index contributed by atoms with van der Waals surface area (Å²) in [5, 5.41) is 13.4. The molecule has 1 aromatic rings. The van der Waals surface area contributed by atoms with E-state index in [0.29, 0.717) is 23.7 Å². The van der Waals surface area contributed by atoms with E-state index in [1.165, 1.54) is 0 Å². The number of aliphatic hydroxyl groups excluding tert-OH is 1. The largest absolute Gasteiger partial charge is 0.359 e. The summed E-state index contributed by atoms with van der Waals surface area (Å²) in [6.45, 7) is 0.911. The number of thiol groups is 1. The molecule has 5 nitrogen and oxygen atoms in total. The van der Waals surface area contributed by atoms with E-state index >= 15 is 0 Å². The van der Waals surface area contributed by atoms with Gasteiger partial charge in [0.05, 0.1) is 5.05 Å². The van der Waals surface area contributed by atoms with Crippen LogP contribution in [0.3, 0.4) is 0 Å². The maximum atomic E-state index is 11.8. The topological polar surface area (TPSA) is 101 Å². The second-order valence-corrected chi connectivity index (χ2v) is 6.78. The highest BCUT2D eigenvalue weighted by Crippen LogP contribution is 2.26. The maximum Gasteiger partial charge on any atom is 0.251 e. The molecule has 0 unspecified atom stereocenters. The molecule has 0 aromatic heterocycles. The van der Waals surface area contributed by atoms with E-state index in [2.05, 4.69) is 5.32 Å². The average Bonchev–Trinajstić information content (AvgIpc) is 2.97. The molecule has 22 heavy (non-hydrogen) atoms. The molecule has 2 atom stereocenters. The number of hydrogen-bond donors (Lipinski definition) is 5. The Morgan fingerprint density at radius 2 is 2.05 bits per heavy atom. The first-order chi connectivity index (χ1) is 10.6. The second kappa shape index (κ2) is 8.43. The Morgan fingerprint density at radius 3 is 2.64 bits per heavy atom. The molecule has 122 valence electrons. The van der Waals surface area contributed by atoms with Crippen molar-refractivity contribution in [2.45, 2.75) is 31.1 Å². The molecular formula is C16H25N3O2S. The summed E-state index contributed by atoms with van der Waals surface area (Å²) in [6.07, 6.45) is 2.87. The predicted molar refractivity (Wildman–Crippen MR) is 93.5 cm³/mol. The number of carbonyl (C=O) groups excluding carboxylic acids is 1. The zero-order chi connectivity index (χ0) is 15.9. The van der Waals surface area contributed by atoms with Gasteiger partial charge in [0.1, 0.15) is 0 Å². The van der Waals surface area contributed by atoms with Gasteiger partial charge in [-0.2, -0.15) is 11.4 Å². The highest BCUT2D eigenvalue weighted by Gasteiger charge is 2.24. The van der Waals surface area contributed by atoms with Crippen molar-refractivity contribution in [3.8, 4) is 0 Å². The summed E-state index contributed by atoms with van der Waals surface area (Å²) in [6, 6.07) is 7.70. The summed E-state index contributed by atoms with van der Waals surface area (Å²) in [7, 11) is 0. The number of carbonyl (C=O) groups is 1. The van der Waals surface area contributed by atoms with Crippen LogP contribution >= 0.6 is 11.4 Å². The first-order valence-electron chi connectivity index (χ1n) is 7.66. The molecular weight excluding hydrogens is 298 g/mol. The van der Waals surface area contributed by atoms with Gasteiger partial charge < -0.3 is 21.9 Å². The summed E-state index contributed by atoms with van der Waals surface area (Å²) in [4.78, 5) is 11.8. The number of benzene rings is 1. The minimum atomic E-state index is -0.107. The van der Waals surface area contributed by atoms with Crippen LogP contribution in [0.15, 0.2) is 24.3 Å². The Morgan fingerprint density at radius 1 is 1.32 bits per heavy atom. The van der Waals surface area contributed by atoms with Crippen molar-refractivity contribution >= 4 is 22.3 Å². The summed E-state index contributed by atoms with van der Waals surface area (Å²) in [5.74, 6) is 0.893. The van der Waals surface area contributed by atoms with Crippen LogP contribution in [0.5, 0.6) is 0 Å². The van der Waals surface area contributed by atoms with Crippen LogP contribution in [0, 0.1) is 5.92 Å². The third kappa shape index (κ3) is 4.91. The van der Waals surface area contributed by atoms with Crippen molar-refractivity contribution in [2.75, 3.05) is 13.1 Å². The number of amides is 1. The highest BCUT2D eigenvalue weighted by molar-refractivity contribution is 7.97. The van der Waals surface area contributed by atoms with Crippen LogP contribution in [0.2, 0.25) is 0 Å². The molecule has 0 saturated heterocycles. The Balaban J connectivity index is 1.89. The lowest BCUT2D eigenvalue weighted by molar-refractivity contribution is 0.0955. The van der Waals surface area contributed by atoms with Crippen LogP contribution < -0.4 is 16.8 Å². The molecule has 0 spiro atoms. The lowest BCUT2D eigenvalue weighted by atomic mass is 10.1. The normalized spacial score (nSPS) is 22.2. The predicted octanol–water partition coefficient (Wildman–Crippen LogP) is 1.16.